The van der Waals surface area contributed by atoms with Gasteiger partial charge < -0.3 is 9.47 Å². The molecule has 1 heterocycles. The highest BCUT2D eigenvalue weighted by Crippen LogP contribution is 2.26. The van der Waals surface area contributed by atoms with Gasteiger partial charge in [-0.3, -0.25) is 4.79 Å². The second-order valence-corrected chi connectivity index (χ2v) is 7.99. The molecule has 0 aliphatic heterocycles. The van der Waals surface area contributed by atoms with E-state index in [1.165, 1.54) is 17.4 Å². The number of benzene rings is 1. The van der Waals surface area contributed by atoms with E-state index >= 15 is 0 Å². The van der Waals surface area contributed by atoms with Gasteiger partial charge in [0.05, 0.1) is 5.75 Å². The zero-order chi connectivity index (χ0) is 18.6. The third kappa shape index (κ3) is 4.63. The van der Waals surface area contributed by atoms with Crippen molar-refractivity contribution in [2.75, 3.05) is 23.7 Å². The lowest BCUT2D eigenvalue weighted by molar-refractivity contribution is -0.123. The minimum atomic E-state index is -0.325. The topological polar surface area (TPSA) is 51.0 Å². The molecule has 0 spiro atoms. The van der Waals surface area contributed by atoms with Crippen molar-refractivity contribution in [1.82, 2.24) is 14.8 Å². The number of aromatic nitrogens is 3. The predicted octanol–water partition coefficient (Wildman–Crippen LogP) is 4.04. The van der Waals surface area contributed by atoms with E-state index in [0.717, 1.165) is 29.6 Å². The van der Waals surface area contributed by atoms with Gasteiger partial charge in [0.15, 0.2) is 11.0 Å². The summed E-state index contributed by atoms with van der Waals surface area (Å²) in [5.74, 6) is 1.44. The number of rotatable bonds is 7. The minimum Gasteiger partial charge on any atom is -0.372 e. The highest BCUT2D eigenvalue weighted by Gasteiger charge is 2.22. The Morgan fingerprint density at radius 2 is 1.72 bits per heavy atom. The van der Waals surface area contributed by atoms with Crippen LogP contribution in [0.3, 0.4) is 0 Å². The van der Waals surface area contributed by atoms with Crippen LogP contribution in [0.4, 0.5) is 5.69 Å². The predicted molar refractivity (Wildman–Crippen MR) is 105 cm³/mol. The van der Waals surface area contributed by atoms with Crippen LogP contribution in [-0.2, 0) is 11.8 Å². The smallest absolute Gasteiger partial charge is 0.191 e. The van der Waals surface area contributed by atoms with Gasteiger partial charge in [-0.15, -0.1) is 10.2 Å². The zero-order valence-electron chi connectivity index (χ0n) is 16.0. The number of hydrogen-bond acceptors (Lipinski definition) is 5. The molecule has 0 saturated carbocycles. The number of Topliss-reactive ketones (excluding diaryl/α,β-unsaturated/α-hetero) is 1. The number of thioether (sulfide) groups is 1. The van der Waals surface area contributed by atoms with Crippen molar-refractivity contribution in [1.29, 1.82) is 0 Å². The Bertz CT molecular complexity index is 712. The summed E-state index contributed by atoms with van der Waals surface area (Å²) in [6, 6.07) is 8.39. The van der Waals surface area contributed by atoms with Gasteiger partial charge >= 0.3 is 0 Å². The van der Waals surface area contributed by atoms with E-state index in [1.54, 1.807) is 0 Å². The Kier molecular flexibility index (Phi) is 6.27. The van der Waals surface area contributed by atoms with Gasteiger partial charge in [-0.2, -0.15) is 0 Å². The normalized spacial score (nSPS) is 11.6. The fourth-order valence-electron chi connectivity index (χ4n) is 2.45. The quantitative estimate of drug-likeness (QED) is 0.698. The SMILES string of the molecule is CCN(CC)c1ccc(-c2nnc(SCC(=O)C(C)(C)C)n2C)cc1. The Morgan fingerprint density at radius 3 is 2.24 bits per heavy atom. The highest BCUT2D eigenvalue weighted by atomic mass is 32.2. The molecule has 5 nitrogen and oxygen atoms in total. The van der Waals surface area contributed by atoms with Crippen LogP contribution >= 0.6 is 11.8 Å². The number of anilines is 1. The molecule has 136 valence electrons. The fourth-order valence-corrected chi connectivity index (χ4v) is 3.52. The molecule has 0 atom stereocenters. The third-order valence-electron chi connectivity index (χ3n) is 4.26. The molecular formula is C19H28N4OS. The lowest BCUT2D eigenvalue weighted by Crippen LogP contribution is -2.22. The summed E-state index contributed by atoms with van der Waals surface area (Å²) in [5, 5.41) is 9.32. The molecule has 25 heavy (non-hydrogen) atoms. The van der Waals surface area contributed by atoms with Gasteiger partial charge in [0.2, 0.25) is 0 Å². The van der Waals surface area contributed by atoms with E-state index in [4.69, 9.17) is 0 Å². The summed E-state index contributed by atoms with van der Waals surface area (Å²) in [5.41, 5.74) is 1.91. The first-order chi connectivity index (χ1) is 11.8. The standard InChI is InChI=1S/C19H28N4OS/c1-7-23(8-2)15-11-9-14(10-12-15)17-20-21-18(22(17)6)25-13-16(24)19(3,4)5/h9-12H,7-8,13H2,1-6H3. The molecule has 0 amide bonds. The van der Waals surface area contributed by atoms with Gasteiger partial charge in [0.25, 0.3) is 0 Å². The number of hydrogen-bond donors (Lipinski definition) is 0. The van der Waals surface area contributed by atoms with Crippen molar-refractivity contribution in [3.05, 3.63) is 24.3 Å². The number of nitrogens with zero attached hydrogens (tertiary/aromatic N) is 4. The first-order valence-electron chi connectivity index (χ1n) is 8.68. The second kappa shape index (κ2) is 8.04. The number of carbonyl (C=O) groups excluding carboxylic acids is 1. The third-order valence-corrected chi connectivity index (χ3v) is 5.28. The van der Waals surface area contributed by atoms with E-state index in [-0.39, 0.29) is 11.2 Å². The molecule has 2 aromatic rings. The van der Waals surface area contributed by atoms with E-state index in [9.17, 15) is 4.79 Å². The summed E-state index contributed by atoms with van der Waals surface area (Å²) in [4.78, 5) is 14.4. The van der Waals surface area contributed by atoms with Crippen LogP contribution in [0.5, 0.6) is 0 Å². The number of carbonyl (C=O) groups is 1. The summed E-state index contributed by atoms with van der Waals surface area (Å²) in [7, 11) is 1.94. The molecule has 0 bridgehead atoms. The molecule has 6 heteroatoms. The maximum Gasteiger partial charge on any atom is 0.191 e. The van der Waals surface area contributed by atoms with E-state index in [2.05, 4.69) is 53.2 Å². The van der Waals surface area contributed by atoms with Crippen LogP contribution in [0.25, 0.3) is 11.4 Å². The molecule has 0 fully saturated rings. The Balaban J connectivity index is 2.14. The largest absolute Gasteiger partial charge is 0.372 e. The molecule has 0 aliphatic carbocycles. The van der Waals surface area contributed by atoms with Gasteiger partial charge in [0, 0.05) is 36.8 Å². The van der Waals surface area contributed by atoms with E-state index in [0.29, 0.717) is 5.75 Å². The summed E-state index contributed by atoms with van der Waals surface area (Å²) >= 11 is 1.44. The monoisotopic (exact) mass is 360 g/mol. The zero-order valence-corrected chi connectivity index (χ0v) is 16.9. The fraction of sp³-hybridized carbons (Fsp3) is 0.526. The van der Waals surface area contributed by atoms with Crippen LogP contribution in [0.2, 0.25) is 0 Å². The molecule has 0 aliphatic rings. The van der Waals surface area contributed by atoms with Crippen molar-refractivity contribution in [3.8, 4) is 11.4 Å². The van der Waals surface area contributed by atoms with Crippen LogP contribution in [-0.4, -0.2) is 39.4 Å². The van der Waals surface area contributed by atoms with E-state index in [1.807, 2.05) is 32.4 Å². The molecule has 0 unspecified atom stereocenters. The van der Waals surface area contributed by atoms with Crippen LogP contribution in [0.1, 0.15) is 34.6 Å². The van der Waals surface area contributed by atoms with E-state index < -0.39 is 0 Å². The second-order valence-electron chi connectivity index (χ2n) is 7.05. The lowest BCUT2D eigenvalue weighted by Gasteiger charge is -2.21. The summed E-state index contributed by atoms with van der Waals surface area (Å²) in [6.07, 6.45) is 0. The molecule has 0 saturated heterocycles. The highest BCUT2D eigenvalue weighted by molar-refractivity contribution is 7.99. The van der Waals surface area contributed by atoms with Crippen LogP contribution < -0.4 is 4.90 Å². The van der Waals surface area contributed by atoms with Crippen molar-refractivity contribution in [2.24, 2.45) is 12.5 Å². The van der Waals surface area contributed by atoms with Crippen molar-refractivity contribution in [2.45, 2.75) is 39.8 Å². The molecule has 0 N–H and O–H groups in total. The number of ketones is 1. The van der Waals surface area contributed by atoms with Gasteiger partial charge in [-0.25, -0.2) is 0 Å². The van der Waals surface area contributed by atoms with Gasteiger partial charge in [-0.05, 0) is 38.1 Å². The molecule has 1 aromatic heterocycles. The minimum absolute atomic E-state index is 0.214. The maximum absolute atomic E-state index is 12.1. The lowest BCUT2D eigenvalue weighted by atomic mass is 9.92. The Morgan fingerprint density at radius 1 is 1.12 bits per heavy atom. The van der Waals surface area contributed by atoms with Crippen LogP contribution in [0.15, 0.2) is 29.4 Å². The Labute approximate surface area is 154 Å². The summed E-state index contributed by atoms with van der Waals surface area (Å²) in [6.45, 7) is 12.1. The molecular weight excluding hydrogens is 332 g/mol. The first kappa shape index (κ1) is 19.5. The van der Waals surface area contributed by atoms with Gasteiger partial charge in [-0.1, -0.05) is 32.5 Å². The van der Waals surface area contributed by atoms with Gasteiger partial charge in [0.1, 0.15) is 5.78 Å². The van der Waals surface area contributed by atoms with Crippen LogP contribution in [0, 0.1) is 5.41 Å². The van der Waals surface area contributed by atoms with Crippen molar-refractivity contribution in [3.63, 3.8) is 0 Å². The molecule has 2 rings (SSSR count). The average molecular weight is 361 g/mol. The van der Waals surface area contributed by atoms with Crippen molar-refractivity contribution < 1.29 is 4.79 Å². The maximum atomic E-state index is 12.1. The van der Waals surface area contributed by atoms with Crippen molar-refractivity contribution >= 4 is 23.2 Å². The first-order valence-corrected chi connectivity index (χ1v) is 9.67. The summed E-state index contributed by atoms with van der Waals surface area (Å²) < 4.78 is 1.95. The Hall–Kier alpha value is -1.82. The molecule has 1 aromatic carbocycles. The molecule has 0 radical (unpaired) electrons. The average Bonchev–Trinajstić information content (AvgIpc) is 2.94.